The van der Waals surface area contributed by atoms with Crippen LogP contribution < -0.4 is 0 Å². The molecule has 0 atom stereocenters. The Morgan fingerprint density at radius 2 is 1.04 bits per heavy atom. The molecule has 3 rings (SSSR count). The lowest BCUT2D eigenvalue weighted by molar-refractivity contribution is 0.440. The van der Waals surface area contributed by atoms with Crippen molar-refractivity contribution in [2.24, 2.45) is 0 Å². The van der Waals surface area contributed by atoms with E-state index >= 15 is 0 Å². The van der Waals surface area contributed by atoms with E-state index in [1.165, 1.54) is 24.3 Å². The Kier molecular flexibility index (Phi) is 3.81. The van der Waals surface area contributed by atoms with E-state index in [2.05, 4.69) is 0 Å². The first-order chi connectivity index (χ1) is 11.1. The van der Waals surface area contributed by atoms with Crippen LogP contribution in [0.5, 0.6) is 23.0 Å². The minimum atomic E-state index is -0.433. The number of hydrogen-bond acceptors (Lipinski definition) is 4. The first-order valence-electron chi connectivity index (χ1n) is 7.15. The molecule has 0 amide bonds. The Hall–Kier alpha value is -3.14. The van der Waals surface area contributed by atoms with Crippen molar-refractivity contribution in [3.8, 4) is 23.0 Å². The molecule has 0 heterocycles. The molecule has 0 aliphatic carbocycles. The van der Waals surface area contributed by atoms with Crippen LogP contribution >= 0.6 is 0 Å². The molecular formula is C19H16O4. The maximum atomic E-state index is 10.2. The van der Waals surface area contributed by atoms with Crippen LogP contribution in [0.1, 0.15) is 22.6 Å². The lowest BCUT2D eigenvalue weighted by Crippen LogP contribution is -2.04. The Balaban J connectivity index is 2.22. The fraction of sp³-hybridized carbons (Fsp3) is 0.0526. The van der Waals surface area contributed by atoms with Crippen molar-refractivity contribution in [2.75, 3.05) is 0 Å². The summed E-state index contributed by atoms with van der Waals surface area (Å²) in [6.07, 6.45) is 0. The largest absolute Gasteiger partial charge is 0.508 e. The van der Waals surface area contributed by atoms with E-state index in [4.69, 9.17) is 0 Å². The van der Waals surface area contributed by atoms with Crippen LogP contribution in [0.4, 0.5) is 0 Å². The average molecular weight is 308 g/mol. The highest BCUT2D eigenvalue weighted by molar-refractivity contribution is 5.55. The van der Waals surface area contributed by atoms with Gasteiger partial charge in [0, 0.05) is 29.2 Å². The van der Waals surface area contributed by atoms with E-state index < -0.39 is 5.92 Å². The highest BCUT2D eigenvalue weighted by Crippen LogP contribution is 2.42. The molecule has 0 aromatic heterocycles. The van der Waals surface area contributed by atoms with Crippen LogP contribution in [-0.2, 0) is 0 Å². The molecule has 0 saturated carbocycles. The number of phenols is 4. The van der Waals surface area contributed by atoms with Gasteiger partial charge in [-0.05, 0) is 17.7 Å². The van der Waals surface area contributed by atoms with Crippen molar-refractivity contribution in [2.45, 2.75) is 5.92 Å². The first kappa shape index (κ1) is 14.8. The molecular weight excluding hydrogens is 292 g/mol. The van der Waals surface area contributed by atoms with Crippen molar-refractivity contribution >= 4 is 0 Å². The molecule has 0 fully saturated rings. The summed E-state index contributed by atoms with van der Waals surface area (Å²) in [5, 5.41) is 39.5. The SMILES string of the molecule is Oc1ccc(C(c2ccccc2)c2ccc(O)cc2O)c(O)c1. The van der Waals surface area contributed by atoms with E-state index in [-0.39, 0.29) is 23.0 Å². The zero-order chi connectivity index (χ0) is 16.4. The van der Waals surface area contributed by atoms with Crippen molar-refractivity contribution < 1.29 is 20.4 Å². The summed E-state index contributed by atoms with van der Waals surface area (Å²) < 4.78 is 0. The second-order valence-corrected chi connectivity index (χ2v) is 5.33. The lowest BCUT2D eigenvalue weighted by Gasteiger charge is -2.21. The number of rotatable bonds is 3. The number of phenolic OH excluding ortho intramolecular Hbond substituents is 4. The van der Waals surface area contributed by atoms with Gasteiger partial charge in [-0.3, -0.25) is 0 Å². The lowest BCUT2D eigenvalue weighted by atomic mass is 9.84. The molecule has 0 bridgehead atoms. The van der Waals surface area contributed by atoms with Gasteiger partial charge in [0.15, 0.2) is 0 Å². The molecule has 23 heavy (non-hydrogen) atoms. The van der Waals surface area contributed by atoms with Crippen molar-refractivity contribution in [1.82, 2.24) is 0 Å². The minimum Gasteiger partial charge on any atom is -0.508 e. The molecule has 0 aliphatic heterocycles. The molecule has 0 aliphatic rings. The Morgan fingerprint density at radius 3 is 1.48 bits per heavy atom. The Bertz CT molecular complexity index is 777. The van der Waals surface area contributed by atoms with E-state index in [0.717, 1.165) is 5.56 Å². The van der Waals surface area contributed by atoms with Crippen LogP contribution in [0.25, 0.3) is 0 Å². The van der Waals surface area contributed by atoms with Crippen LogP contribution in [0.2, 0.25) is 0 Å². The van der Waals surface area contributed by atoms with Crippen LogP contribution in [0.15, 0.2) is 66.7 Å². The molecule has 4 nitrogen and oxygen atoms in total. The van der Waals surface area contributed by atoms with Gasteiger partial charge in [0.1, 0.15) is 23.0 Å². The fourth-order valence-electron chi connectivity index (χ4n) is 2.72. The van der Waals surface area contributed by atoms with Crippen molar-refractivity contribution in [1.29, 1.82) is 0 Å². The average Bonchev–Trinajstić information content (AvgIpc) is 2.52. The van der Waals surface area contributed by atoms with Crippen molar-refractivity contribution in [3.63, 3.8) is 0 Å². The second-order valence-electron chi connectivity index (χ2n) is 5.33. The normalized spacial score (nSPS) is 10.8. The molecule has 3 aromatic carbocycles. The van der Waals surface area contributed by atoms with Gasteiger partial charge in [-0.15, -0.1) is 0 Å². The molecule has 3 aromatic rings. The van der Waals surface area contributed by atoms with Gasteiger partial charge in [-0.25, -0.2) is 0 Å². The standard InChI is InChI=1S/C19H16O4/c20-13-6-8-15(17(22)10-13)19(12-4-2-1-3-5-12)16-9-7-14(21)11-18(16)23/h1-11,19-23H. The van der Waals surface area contributed by atoms with Gasteiger partial charge < -0.3 is 20.4 Å². The van der Waals surface area contributed by atoms with Crippen LogP contribution in [0.3, 0.4) is 0 Å². The van der Waals surface area contributed by atoms with Gasteiger partial charge in [-0.1, -0.05) is 42.5 Å². The minimum absolute atomic E-state index is 0.0343. The summed E-state index contributed by atoms with van der Waals surface area (Å²) in [6.45, 7) is 0. The van der Waals surface area contributed by atoms with Gasteiger partial charge in [0.25, 0.3) is 0 Å². The maximum Gasteiger partial charge on any atom is 0.123 e. The number of benzene rings is 3. The summed E-state index contributed by atoms with van der Waals surface area (Å²) in [6, 6.07) is 18.2. The molecule has 116 valence electrons. The van der Waals surface area contributed by atoms with Gasteiger partial charge in [0.2, 0.25) is 0 Å². The predicted molar refractivity (Wildman–Crippen MR) is 86.9 cm³/mol. The molecule has 4 heteroatoms. The monoisotopic (exact) mass is 308 g/mol. The summed E-state index contributed by atoms with van der Waals surface area (Å²) in [7, 11) is 0. The maximum absolute atomic E-state index is 10.2. The summed E-state index contributed by atoms with van der Waals surface area (Å²) in [5.41, 5.74) is 1.97. The first-order valence-corrected chi connectivity index (χ1v) is 7.15. The third-order valence-electron chi connectivity index (χ3n) is 3.78. The Labute approximate surface area is 133 Å². The van der Waals surface area contributed by atoms with Crippen LogP contribution in [0, 0.1) is 0 Å². The summed E-state index contributed by atoms with van der Waals surface area (Å²) in [5.74, 6) is -0.629. The van der Waals surface area contributed by atoms with E-state index in [1.54, 1.807) is 12.1 Å². The molecule has 0 saturated heterocycles. The number of hydrogen-bond donors (Lipinski definition) is 4. The number of aromatic hydroxyl groups is 4. The predicted octanol–water partition coefficient (Wildman–Crippen LogP) is 3.69. The summed E-state index contributed by atoms with van der Waals surface area (Å²) >= 11 is 0. The van der Waals surface area contributed by atoms with E-state index in [0.29, 0.717) is 11.1 Å². The smallest absolute Gasteiger partial charge is 0.123 e. The third kappa shape index (κ3) is 2.92. The molecule has 0 radical (unpaired) electrons. The third-order valence-corrected chi connectivity index (χ3v) is 3.78. The van der Waals surface area contributed by atoms with Crippen molar-refractivity contribution in [3.05, 3.63) is 83.4 Å². The quantitative estimate of drug-likeness (QED) is 0.556. The van der Waals surface area contributed by atoms with Crippen LogP contribution in [-0.4, -0.2) is 20.4 Å². The van der Waals surface area contributed by atoms with Gasteiger partial charge in [0.05, 0.1) is 0 Å². The second kappa shape index (κ2) is 5.93. The zero-order valence-electron chi connectivity index (χ0n) is 12.2. The Morgan fingerprint density at radius 1 is 0.565 bits per heavy atom. The topological polar surface area (TPSA) is 80.9 Å². The molecule has 4 N–H and O–H groups in total. The van der Waals surface area contributed by atoms with E-state index in [9.17, 15) is 20.4 Å². The fourth-order valence-corrected chi connectivity index (χ4v) is 2.72. The molecule has 0 spiro atoms. The highest BCUT2D eigenvalue weighted by Gasteiger charge is 2.23. The van der Waals surface area contributed by atoms with E-state index in [1.807, 2.05) is 30.3 Å². The highest BCUT2D eigenvalue weighted by atomic mass is 16.3. The van der Waals surface area contributed by atoms with Gasteiger partial charge in [-0.2, -0.15) is 0 Å². The molecule has 0 unspecified atom stereocenters. The summed E-state index contributed by atoms with van der Waals surface area (Å²) in [4.78, 5) is 0. The van der Waals surface area contributed by atoms with Gasteiger partial charge >= 0.3 is 0 Å². The zero-order valence-corrected chi connectivity index (χ0v) is 12.2.